The van der Waals surface area contributed by atoms with Crippen LogP contribution in [0.1, 0.15) is 0 Å². The Hall–Kier alpha value is -5.41. The second kappa shape index (κ2) is 9.11. The maximum atomic E-state index is 5.70. The van der Waals surface area contributed by atoms with Crippen LogP contribution in [0.4, 0.5) is 0 Å². The maximum Gasteiger partial charge on any atom is 0.133 e. The van der Waals surface area contributed by atoms with Gasteiger partial charge in [-0.05, 0) is 57.6 Å². The first kappa shape index (κ1) is 22.6. The van der Waals surface area contributed by atoms with Crippen LogP contribution in [0.15, 0.2) is 150 Å². The molecular formula is C37H24N2O. The van der Waals surface area contributed by atoms with Crippen LogP contribution >= 0.6 is 0 Å². The molecule has 0 spiro atoms. The van der Waals surface area contributed by atoms with E-state index in [0.717, 1.165) is 44.7 Å². The average Bonchev–Trinajstić information content (AvgIpc) is 3.72. The molecule has 40 heavy (non-hydrogen) atoms. The first-order valence-electron chi connectivity index (χ1n) is 13.5. The largest absolute Gasteiger partial charge is 0.464 e. The molecule has 0 aliphatic carbocycles. The summed E-state index contributed by atoms with van der Waals surface area (Å²) in [7, 11) is 0. The lowest BCUT2D eigenvalue weighted by Gasteiger charge is -2.10. The summed E-state index contributed by atoms with van der Waals surface area (Å²) in [4.78, 5) is 0. The summed E-state index contributed by atoms with van der Waals surface area (Å²) < 4.78 is 7.78. The van der Waals surface area contributed by atoms with Crippen molar-refractivity contribution in [3.8, 4) is 45.0 Å². The van der Waals surface area contributed by atoms with E-state index in [1.807, 2.05) is 18.2 Å². The van der Waals surface area contributed by atoms with Gasteiger partial charge in [0.15, 0.2) is 0 Å². The number of furan rings is 1. The zero-order chi connectivity index (χ0) is 26.5. The molecule has 0 fully saturated rings. The summed E-state index contributed by atoms with van der Waals surface area (Å²) in [5.41, 5.74) is 8.77. The van der Waals surface area contributed by atoms with Crippen molar-refractivity contribution < 1.29 is 4.42 Å². The number of hydrogen-bond acceptors (Lipinski definition) is 2. The van der Waals surface area contributed by atoms with E-state index in [2.05, 4.69) is 126 Å². The van der Waals surface area contributed by atoms with E-state index in [9.17, 15) is 0 Å². The van der Waals surface area contributed by atoms with Gasteiger partial charge in [-0.25, -0.2) is 4.52 Å². The average molecular weight is 513 g/mol. The number of benzene rings is 5. The Labute approximate surface area is 231 Å². The minimum Gasteiger partial charge on any atom is -0.464 e. The van der Waals surface area contributed by atoms with Gasteiger partial charge in [-0.1, -0.05) is 109 Å². The highest BCUT2D eigenvalue weighted by molar-refractivity contribution is 6.02. The number of rotatable bonds is 4. The molecule has 0 saturated carbocycles. The van der Waals surface area contributed by atoms with E-state index in [1.165, 1.54) is 27.3 Å². The van der Waals surface area contributed by atoms with Crippen LogP contribution in [0.25, 0.3) is 72.0 Å². The van der Waals surface area contributed by atoms with Crippen LogP contribution in [0.2, 0.25) is 0 Å². The molecule has 0 saturated heterocycles. The van der Waals surface area contributed by atoms with Crippen molar-refractivity contribution in [3.05, 3.63) is 146 Å². The van der Waals surface area contributed by atoms with Gasteiger partial charge in [0, 0.05) is 22.1 Å². The van der Waals surface area contributed by atoms with Gasteiger partial charge in [-0.3, -0.25) is 0 Å². The van der Waals surface area contributed by atoms with Crippen LogP contribution in [0, 0.1) is 0 Å². The minimum absolute atomic E-state index is 0.857. The highest BCUT2D eigenvalue weighted by Crippen LogP contribution is 2.35. The molecule has 0 N–H and O–H groups in total. The molecular weight excluding hydrogens is 488 g/mol. The van der Waals surface area contributed by atoms with Crippen LogP contribution in [-0.4, -0.2) is 9.61 Å². The quantitative estimate of drug-likeness (QED) is 0.235. The van der Waals surface area contributed by atoms with E-state index in [-0.39, 0.29) is 0 Å². The summed E-state index contributed by atoms with van der Waals surface area (Å²) >= 11 is 0. The summed E-state index contributed by atoms with van der Waals surface area (Å²) in [5, 5.41) is 9.96. The molecule has 5 aromatic carbocycles. The Kier molecular flexibility index (Phi) is 5.14. The fourth-order valence-corrected chi connectivity index (χ4v) is 5.72. The predicted octanol–water partition coefficient (Wildman–Crippen LogP) is 9.90. The van der Waals surface area contributed by atoms with Gasteiger partial charge in [0.25, 0.3) is 0 Å². The molecule has 3 heteroatoms. The zero-order valence-electron chi connectivity index (χ0n) is 21.7. The molecule has 0 atom stereocenters. The van der Waals surface area contributed by atoms with E-state index >= 15 is 0 Å². The zero-order valence-corrected chi connectivity index (χ0v) is 21.7. The van der Waals surface area contributed by atoms with E-state index in [4.69, 9.17) is 9.52 Å². The first-order valence-corrected chi connectivity index (χ1v) is 13.5. The Balaban J connectivity index is 1.30. The van der Waals surface area contributed by atoms with Crippen LogP contribution in [0.3, 0.4) is 0 Å². The third kappa shape index (κ3) is 3.71. The summed E-state index contributed by atoms with van der Waals surface area (Å²) in [6, 6.07) is 49.1. The van der Waals surface area contributed by atoms with Gasteiger partial charge >= 0.3 is 0 Å². The van der Waals surface area contributed by atoms with E-state index in [1.54, 1.807) is 6.26 Å². The first-order chi connectivity index (χ1) is 19.8. The normalized spacial score (nSPS) is 11.5. The molecule has 0 bridgehead atoms. The van der Waals surface area contributed by atoms with Crippen LogP contribution in [-0.2, 0) is 0 Å². The number of hydrogen-bond donors (Lipinski definition) is 0. The number of aromatic nitrogens is 2. The van der Waals surface area contributed by atoms with Gasteiger partial charge in [-0.2, -0.15) is 5.10 Å². The van der Waals surface area contributed by atoms with Crippen molar-refractivity contribution >= 4 is 27.1 Å². The lowest BCUT2D eigenvalue weighted by atomic mass is 9.97. The fraction of sp³-hybridized carbons (Fsp3) is 0. The highest BCUT2D eigenvalue weighted by Gasteiger charge is 2.15. The second-order valence-electron chi connectivity index (χ2n) is 10.1. The third-order valence-electron chi connectivity index (χ3n) is 7.72. The van der Waals surface area contributed by atoms with Gasteiger partial charge in [0.1, 0.15) is 5.76 Å². The van der Waals surface area contributed by atoms with E-state index in [0.29, 0.717) is 0 Å². The number of pyridine rings is 1. The van der Waals surface area contributed by atoms with Crippen molar-refractivity contribution in [1.29, 1.82) is 0 Å². The monoisotopic (exact) mass is 512 g/mol. The molecule has 0 radical (unpaired) electrons. The van der Waals surface area contributed by atoms with Crippen molar-refractivity contribution in [1.82, 2.24) is 9.61 Å². The molecule has 8 rings (SSSR count). The number of fused-ring (bicyclic) bond motifs is 4. The lowest BCUT2D eigenvalue weighted by Crippen LogP contribution is -1.95. The lowest BCUT2D eigenvalue weighted by molar-refractivity contribution is 0.582. The smallest absolute Gasteiger partial charge is 0.133 e. The Morgan fingerprint density at radius 1 is 0.500 bits per heavy atom. The molecule has 3 aromatic heterocycles. The molecule has 0 unspecified atom stereocenters. The van der Waals surface area contributed by atoms with Crippen molar-refractivity contribution in [2.45, 2.75) is 0 Å². The molecule has 188 valence electrons. The standard InChI is InChI=1S/C37H24N2O/c1-2-9-28(10-3-1)35-23-29-19-20-30(37-14-7-21-40-37)22-33(29)36-24-34(38-39(35)36)27-17-15-26(16-18-27)32-13-6-11-25-8-4-5-12-31(25)32/h1-24H. The second-order valence-corrected chi connectivity index (χ2v) is 10.1. The van der Waals surface area contributed by atoms with Crippen LogP contribution < -0.4 is 0 Å². The summed E-state index contributed by atoms with van der Waals surface area (Å²) in [6.45, 7) is 0. The predicted molar refractivity (Wildman–Crippen MR) is 164 cm³/mol. The summed E-state index contributed by atoms with van der Waals surface area (Å²) in [6.07, 6.45) is 1.71. The molecule has 0 aliphatic heterocycles. The van der Waals surface area contributed by atoms with Crippen molar-refractivity contribution in [3.63, 3.8) is 0 Å². The number of nitrogens with zero attached hydrogens (tertiary/aromatic N) is 2. The molecule has 3 nitrogen and oxygen atoms in total. The molecule has 8 aromatic rings. The van der Waals surface area contributed by atoms with E-state index < -0.39 is 0 Å². The third-order valence-corrected chi connectivity index (χ3v) is 7.72. The Morgan fingerprint density at radius 3 is 2.12 bits per heavy atom. The SMILES string of the molecule is c1ccc(-c2cc3ccc(-c4ccco4)cc3c3cc(-c4ccc(-c5cccc6ccccc56)cc4)nn23)cc1. The van der Waals surface area contributed by atoms with Crippen molar-refractivity contribution in [2.75, 3.05) is 0 Å². The Morgan fingerprint density at radius 2 is 1.27 bits per heavy atom. The Bertz CT molecular complexity index is 2130. The summed E-state index contributed by atoms with van der Waals surface area (Å²) in [5.74, 6) is 0.857. The fourth-order valence-electron chi connectivity index (χ4n) is 5.72. The molecule has 0 amide bonds. The van der Waals surface area contributed by atoms with Gasteiger partial charge in [0.2, 0.25) is 0 Å². The minimum atomic E-state index is 0.857. The van der Waals surface area contributed by atoms with Gasteiger partial charge in [0.05, 0.1) is 23.2 Å². The topological polar surface area (TPSA) is 30.4 Å². The molecule has 0 aliphatic rings. The molecule has 3 heterocycles. The van der Waals surface area contributed by atoms with Gasteiger partial charge < -0.3 is 4.42 Å². The maximum absolute atomic E-state index is 5.70. The van der Waals surface area contributed by atoms with Crippen molar-refractivity contribution in [2.24, 2.45) is 0 Å². The van der Waals surface area contributed by atoms with Crippen LogP contribution in [0.5, 0.6) is 0 Å². The van der Waals surface area contributed by atoms with Gasteiger partial charge in [-0.15, -0.1) is 0 Å². The highest BCUT2D eigenvalue weighted by atomic mass is 16.3.